The standard InChI is InChI=1S/C25H17N3OS2.C2H6.CH5N.CH2O/c1-15-18(12-19-14-27-25(30-19)17-8-6-16(13-26)7-9-17)10-11-22-23(15)28-24(29)20-4-2-3-5-21(20)31-22;3*1-2/h2-11,14H,12H2,1H3,(H,28,29);1-2H3;2H2,1H3;1H2. The summed E-state index contributed by atoms with van der Waals surface area (Å²) in [7, 11) is 1.50. The number of nitrogens with one attached hydrogen (secondary N) is 1. The molecule has 1 aliphatic rings. The van der Waals surface area contributed by atoms with Gasteiger partial charge in [0.15, 0.2) is 0 Å². The van der Waals surface area contributed by atoms with Crippen LogP contribution >= 0.6 is 23.1 Å². The summed E-state index contributed by atoms with van der Waals surface area (Å²) in [6.45, 7) is 8.06. The van der Waals surface area contributed by atoms with E-state index in [1.54, 1.807) is 23.1 Å². The van der Waals surface area contributed by atoms with E-state index in [0.29, 0.717) is 11.1 Å². The number of carbonyl (C=O) groups excluding carboxylic acids is 2. The van der Waals surface area contributed by atoms with Crippen LogP contribution in [0.1, 0.15) is 45.8 Å². The Hall–Kier alpha value is -3.77. The van der Waals surface area contributed by atoms with Crippen molar-refractivity contribution in [3.8, 4) is 16.6 Å². The number of aromatic nitrogens is 1. The lowest BCUT2D eigenvalue weighted by atomic mass is 10.0. The number of thiazole rings is 1. The molecule has 8 heteroatoms. The number of nitrogens with zero attached hydrogens (tertiary/aromatic N) is 2. The molecular weight excluding hydrogens is 500 g/mol. The van der Waals surface area contributed by atoms with Gasteiger partial charge in [-0.3, -0.25) is 4.79 Å². The topological polar surface area (TPSA) is 109 Å². The van der Waals surface area contributed by atoms with Crippen LogP contribution in [0.3, 0.4) is 0 Å². The number of hydrogen-bond acceptors (Lipinski definition) is 7. The van der Waals surface area contributed by atoms with Crippen LogP contribution < -0.4 is 11.1 Å². The Bertz CT molecular complexity index is 1380. The monoisotopic (exact) mass is 530 g/mol. The molecule has 1 aromatic heterocycles. The minimum Gasteiger partial charge on any atom is -0.333 e. The molecule has 190 valence electrons. The van der Waals surface area contributed by atoms with Gasteiger partial charge in [0.2, 0.25) is 0 Å². The van der Waals surface area contributed by atoms with Crippen LogP contribution in [0.5, 0.6) is 0 Å². The van der Waals surface area contributed by atoms with E-state index >= 15 is 0 Å². The third kappa shape index (κ3) is 6.92. The number of hydrogen-bond donors (Lipinski definition) is 2. The summed E-state index contributed by atoms with van der Waals surface area (Å²) in [5.74, 6) is -0.0667. The first-order chi connectivity index (χ1) is 18.1. The number of nitriles is 1. The lowest BCUT2D eigenvalue weighted by Crippen LogP contribution is -2.13. The lowest BCUT2D eigenvalue weighted by molar-refractivity contribution is -0.0980. The average Bonchev–Trinajstić information content (AvgIpc) is 3.38. The van der Waals surface area contributed by atoms with Gasteiger partial charge in [-0.2, -0.15) is 5.26 Å². The van der Waals surface area contributed by atoms with Crippen LogP contribution in [0.2, 0.25) is 0 Å². The number of nitrogens with two attached hydrogens (primary N) is 1. The van der Waals surface area contributed by atoms with Crippen molar-refractivity contribution in [3.05, 3.63) is 94.0 Å². The smallest absolute Gasteiger partial charge is 0.256 e. The van der Waals surface area contributed by atoms with Gasteiger partial charge in [0, 0.05) is 32.8 Å². The summed E-state index contributed by atoms with van der Waals surface area (Å²) in [6.07, 6.45) is 2.66. The maximum atomic E-state index is 12.7. The van der Waals surface area contributed by atoms with Crippen LogP contribution in [0, 0.1) is 18.3 Å². The van der Waals surface area contributed by atoms with Crippen molar-refractivity contribution < 1.29 is 9.59 Å². The second kappa shape index (κ2) is 14.7. The van der Waals surface area contributed by atoms with Gasteiger partial charge in [0.1, 0.15) is 11.8 Å². The van der Waals surface area contributed by atoms with Crippen molar-refractivity contribution in [2.75, 3.05) is 12.4 Å². The fourth-order valence-electron chi connectivity index (χ4n) is 3.60. The summed E-state index contributed by atoms with van der Waals surface area (Å²) in [5.41, 5.74) is 10.00. The van der Waals surface area contributed by atoms with Gasteiger partial charge in [-0.1, -0.05) is 55.9 Å². The molecular formula is C29H30N4O2S2. The fraction of sp³-hybridized carbons (Fsp3) is 0.172. The zero-order valence-electron chi connectivity index (χ0n) is 21.4. The molecule has 1 aliphatic heterocycles. The molecule has 37 heavy (non-hydrogen) atoms. The minimum absolute atomic E-state index is 0.0667. The van der Waals surface area contributed by atoms with Crippen molar-refractivity contribution >= 4 is 41.5 Å². The first-order valence-corrected chi connectivity index (χ1v) is 13.3. The number of anilines is 1. The molecule has 0 bridgehead atoms. The second-order valence-electron chi connectivity index (χ2n) is 7.27. The van der Waals surface area contributed by atoms with Gasteiger partial charge in [0.25, 0.3) is 5.91 Å². The summed E-state index contributed by atoms with van der Waals surface area (Å²) >= 11 is 3.27. The Kier molecular flexibility index (Phi) is 11.7. The molecule has 0 atom stereocenters. The van der Waals surface area contributed by atoms with Crippen molar-refractivity contribution in [2.45, 2.75) is 37.0 Å². The predicted molar refractivity (Wildman–Crippen MR) is 153 cm³/mol. The fourth-order valence-corrected chi connectivity index (χ4v) is 5.64. The van der Waals surface area contributed by atoms with E-state index in [1.165, 1.54) is 12.6 Å². The van der Waals surface area contributed by atoms with Gasteiger partial charge in [-0.25, -0.2) is 4.98 Å². The molecule has 0 spiro atoms. The molecule has 3 N–H and O–H groups in total. The molecule has 6 nitrogen and oxygen atoms in total. The molecule has 3 aromatic carbocycles. The lowest BCUT2D eigenvalue weighted by Gasteiger charge is -2.14. The quantitative estimate of drug-likeness (QED) is 0.304. The summed E-state index contributed by atoms with van der Waals surface area (Å²) in [4.78, 5) is 28.5. The van der Waals surface area contributed by atoms with Crippen LogP contribution in [-0.2, 0) is 11.2 Å². The summed E-state index contributed by atoms with van der Waals surface area (Å²) < 4.78 is 0. The maximum absolute atomic E-state index is 12.7. The van der Waals surface area contributed by atoms with E-state index < -0.39 is 0 Å². The van der Waals surface area contributed by atoms with Crippen molar-refractivity contribution in [1.82, 2.24) is 4.98 Å². The highest BCUT2D eigenvalue weighted by atomic mass is 32.2. The number of fused-ring (bicyclic) bond motifs is 2. The molecule has 5 rings (SSSR count). The van der Waals surface area contributed by atoms with Gasteiger partial charge in [-0.05, 0) is 55.4 Å². The molecule has 0 fully saturated rings. The Morgan fingerprint density at radius 1 is 1.00 bits per heavy atom. The summed E-state index contributed by atoms with van der Waals surface area (Å²) in [5, 5.41) is 13.0. The van der Waals surface area contributed by atoms with E-state index in [-0.39, 0.29) is 5.91 Å². The zero-order chi connectivity index (χ0) is 27.4. The Balaban J connectivity index is 0.000000750. The zero-order valence-corrected chi connectivity index (χ0v) is 23.0. The van der Waals surface area contributed by atoms with Crippen molar-refractivity contribution in [1.29, 1.82) is 5.26 Å². The van der Waals surface area contributed by atoms with Crippen molar-refractivity contribution in [3.63, 3.8) is 0 Å². The first-order valence-electron chi connectivity index (χ1n) is 11.6. The van der Waals surface area contributed by atoms with Crippen LogP contribution in [0.25, 0.3) is 10.6 Å². The minimum atomic E-state index is -0.0667. The molecule has 0 saturated carbocycles. The normalized spacial score (nSPS) is 10.8. The predicted octanol–water partition coefficient (Wildman–Crippen LogP) is 6.71. The van der Waals surface area contributed by atoms with Gasteiger partial charge in [0.05, 0.1) is 22.9 Å². The van der Waals surface area contributed by atoms with E-state index in [0.717, 1.165) is 42.9 Å². The number of benzene rings is 3. The largest absolute Gasteiger partial charge is 0.333 e. The van der Waals surface area contributed by atoms with Gasteiger partial charge in [-0.15, -0.1) is 11.3 Å². The van der Waals surface area contributed by atoms with E-state index in [1.807, 2.05) is 75.4 Å². The van der Waals surface area contributed by atoms with Crippen LogP contribution in [0.15, 0.2) is 76.7 Å². The van der Waals surface area contributed by atoms with E-state index in [9.17, 15) is 4.79 Å². The summed E-state index contributed by atoms with van der Waals surface area (Å²) in [6, 6.07) is 21.6. The maximum Gasteiger partial charge on any atom is 0.256 e. The number of amides is 1. The van der Waals surface area contributed by atoms with E-state index in [4.69, 9.17) is 10.1 Å². The molecule has 0 unspecified atom stereocenters. The Morgan fingerprint density at radius 2 is 1.68 bits per heavy atom. The highest BCUT2D eigenvalue weighted by molar-refractivity contribution is 7.99. The molecule has 0 saturated heterocycles. The van der Waals surface area contributed by atoms with E-state index in [2.05, 4.69) is 41.2 Å². The highest BCUT2D eigenvalue weighted by Crippen LogP contribution is 2.41. The SMILES string of the molecule is C=O.CC.CN.Cc1c(Cc2cnc(-c3ccc(C#N)cc3)s2)ccc2c1NC(=O)c1ccccc1S2. The van der Waals surface area contributed by atoms with Crippen LogP contribution in [-0.4, -0.2) is 24.7 Å². The Morgan fingerprint density at radius 3 is 2.35 bits per heavy atom. The van der Waals surface area contributed by atoms with Crippen LogP contribution in [0.4, 0.5) is 5.69 Å². The third-order valence-corrected chi connectivity index (χ3v) is 7.49. The molecule has 0 aliphatic carbocycles. The number of carbonyl (C=O) groups is 2. The van der Waals surface area contributed by atoms with Gasteiger partial charge >= 0.3 is 0 Å². The molecule has 2 heterocycles. The molecule has 4 aromatic rings. The van der Waals surface area contributed by atoms with Gasteiger partial charge < -0.3 is 15.8 Å². The highest BCUT2D eigenvalue weighted by Gasteiger charge is 2.22. The van der Waals surface area contributed by atoms with Crippen molar-refractivity contribution in [2.24, 2.45) is 5.73 Å². The first kappa shape index (κ1) is 29.5. The average molecular weight is 531 g/mol. The molecule has 0 radical (unpaired) electrons. The third-order valence-electron chi connectivity index (χ3n) is 5.31. The Labute approximate surface area is 226 Å². The molecule has 1 amide bonds. The second-order valence-corrected chi connectivity index (χ2v) is 9.47. The number of rotatable bonds is 3.